The van der Waals surface area contributed by atoms with Crippen LogP contribution in [0.5, 0.6) is 5.75 Å². The van der Waals surface area contributed by atoms with E-state index in [9.17, 15) is 13.2 Å². The molecule has 1 amide bonds. The van der Waals surface area contributed by atoms with Gasteiger partial charge in [-0.15, -0.1) is 0 Å². The maximum atomic E-state index is 12.1. The van der Waals surface area contributed by atoms with E-state index >= 15 is 0 Å². The Balaban J connectivity index is 2.99. The predicted octanol–water partition coefficient (Wildman–Crippen LogP) is 0.483. The average Bonchev–Trinajstić information content (AvgIpc) is 2.35. The Bertz CT molecular complexity index is 537. The van der Waals surface area contributed by atoms with Crippen molar-refractivity contribution in [3.63, 3.8) is 0 Å². The van der Waals surface area contributed by atoms with Gasteiger partial charge in [0.25, 0.3) is 0 Å². The van der Waals surface area contributed by atoms with Crippen LogP contribution < -0.4 is 15.2 Å². The second-order valence-corrected chi connectivity index (χ2v) is 6.13. The summed E-state index contributed by atoms with van der Waals surface area (Å²) >= 11 is 0. The summed E-state index contributed by atoms with van der Waals surface area (Å²) in [5, 5.41) is 0. The van der Waals surface area contributed by atoms with E-state index in [1.165, 1.54) is 31.4 Å². The molecule has 0 aliphatic carbocycles. The third-order valence-corrected chi connectivity index (χ3v) is 4.08. The number of nitrogens with two attached hydrogens (primary N) is 1. The summed E-state index contributed by atoms with van der Waals surface area (Å²) in [6.45, 7) is 3.43. The van der Waals surface area contributed by atoms with E-state index < -0.39 is 22.0 Å². The summed E-state index contributed by atoms with van der Waals surface area (Å²) in [6.07, 6.45) is 0. The van der Waals surface area contributed by atoms with Crippen LogP contribution in [0.25, 0.3) is 0 Å². The maximum Gasteiger partial charge on any atom is 0.241 e. The molecule has 0 saturated heterocycles. The number of rotatable bonds is 6. The van der Waals surface area contributed by atoms with Crippen LogP contribution in [0.3, 0.4) is 0 Å². The lowest BCUT2D eigenvalue weighted by Gasteiger charge is -2.18. The lowest BCUT2D eigenvalue weighted by atomic mass is 10.1. The quantitative estimate of drug-likeness (QED) is 0.794. The third kappa shape index (κ3) is 3.93. The fourth-order valence-corrected chi connectivity index (χ4v) is 2.87. The first-order valence-electron chi connectivity index (χ1n) is 5.73. The van der Waals surface area contributed by atoms with Gasteiger partial charge in [-0.3, -0.25) is 4.79 Å². The highest BCUT2D eigenvalue weighted by Gasteiger charge is 2.26. The summed E-state index contributed by atoms with van der Waals surface area (Å²) in [5.74, 6) is -0.383. The first-order chi connectivity index (χ1) is 8.77. The molecule has 106 valence electrons. The zero-order valence-electron chi connectivity index (χ0n) is 11.1. The molecule has 0 spiro atoms. The molecule has 0 aliphatic heterocycles. The molecule has 19 heavy (non-hydrogen) atoms. The fraction of sp³-hybridized carbons (Fsp3) is 0.417. The largest absolute Gasteiger partial charge is 0.497 e. The van der Waals surface area contributed by atoms with Crippen molar-refractivity contribution in [2.45, 2.75) is 24.8 Å². The van der Waals surface area contributed by atoms with E-state index in [1.807, 2.05) is 0 Å². The number of hydrogen-bond acceptors (Lipinski definition) is 4. The van der Waals surface area contributed by atoms with Gasteiger partial charge in [-0.2, -0.15) is 4.72 Å². The number of benzene rings is 1. The zero-order chi connectivity index (χ0) is 14.6. The van der Waals surface area contributed by atoms with Crippen molar-refractivity contribution in [3.8, 4) is 5.75 Å². The van der Waals surface area contributed by atoms with Gasteiger partial charge in [0, 0.05) is 0 Å². The molecular formula is C12H18N2O4S. The number of nitrogens with one attached hydrogen (secondary N) is 1. The fourth-order valence-electron chi connectivity index (χ4n) is 1.51. The number of amides is 1. The van der Waals surface area contributed by atoms with E-state index in [-0.39, 0.29) is 10.8 Å². The molecule has 0 radical (unpaired) electrons. The van der Waals surface area contributed by atoms with Crippen molar-refractivity contribution >= 4 is 15.9 Å². The van der Waals surface area contributed by atoms with Crippen molar-refractivity contribution in [1.82, 2.24) is 4.72 Å². The van der Waals surface area contributed by atoms with Crippen LogP contribution in [0.2, 0.25) is 0 Å². The molecule has 0 bridgehead atoms. The smallest absolute Gasteiger partial charge is 0.241 e. The Kier molecular flexibility index (Phi) is 4.90. The van der Waals surface area contributed by atoms with Crippen LogP contribution in [-0.2, 0) is 14.8 Å². The Labute approximate surface area is 113 Å². The summed E-state index contributed by atoms with van der Waals surface area (Å²) < 4.78 is 31.4. The number of primary amides is 1. The van der Waals surface area contributed by atoms with Crippen LogP contribution >= 0.6 is 0 Å². The Morgan fingerprint density at radius 1 is 1.26 bits per heavy atom. The third-order valence-electron chi connectivity index (χ3n) is 2.63. The molecule has 1 aromatic carbocycles. The number of sulfonamides is 1. The van der Waals surface area contributed by atoms with Crippen LogP contribution in [0.4, 0.5) is 0 Å². The number of ether oxygens (including phenoxy) is 1. The van der Waals surface area contributed by atoms with Crippen molar-refractivity contribution < 1.29 is 17.9 Å². The predicted molar refractivity (Wildman–Crippen MR) is 71.1 cm³/mol. The molecule has 1 rings (SSSR count). The van der Waals surface area contributed by atoms with Gasteiger partial charge in [-0.25, -0.2) is 8.42 Å². The summed E-state index contributed by atoms with van der Waals surface area (Å²) in [4.78, 5) is 11.3. The molecule has 0 aliphatic rings. The van der Waals surface area contributed by atoms with Crippen LogP contribution in [0.1, 0.15) is 13.8 Å². The molecule has 0 saturated carbocycles. The minimum absolute atomic E-state index is 0.0557. The van der Waals surface area contributed by atoms with Gasteiger partial charge in [0.1, 0.15) is 11.8 Å². The minimum Gasteiger partial charge on any atom is -0.497 e. The molecule has 7 heteroatoms. The van der Waals surface area contributed by atoms with Crippen LogP contribution in [0, 0.1) is 5.92 Å². The van der Waals surface area contributed by atoms with Crippen LogP contribution in [0.15, 0.2) is 29.2 Å². The number of carbonyl (C=O) groups excluding carboxylic acids is 1. The highest BCUT2D eigenvalue weighted by atomic mass is 32.2. The van der Waals surface area contributed by atoms with Crippen LogP contribution in [-0.4, -0.2) is 27.5 Å². The van der Waals surface area contributed by atoms with E-state index in [0.717, 1.165) is 0 Å². The van der Waals surface area contributed by atoms with Crippen molar-refractivity contribution in [2.24, 2.45) is 11.7 Å². The summed E-state index contributed by atoms with van der Waals surface area (Å²) in [7, 11) is -2.29. The molecule has 1 unspecified atom stereocenters. The standard InChI is InChI=1S/C12H18N2O4S/c1-8(2)11(12(13)15)14-19(16,17)10-6-4-9(18-3)5-7-10/h4-8,11,14H,1-3H3,(H2,13,15). The summed E-state index contributed by atoms with van der Waals surface area (Å²) in [6, 6.07) is 4.93. The highest BCUT2D eigenvalue weighted by molar-refractivity contribution is 7.89. The Morgan fingerprint density at radius 3 is 2.16 bits per heavy atom. The Morgan fingerprint density at radius 2 is 1.79 bits per heavy atom. The number of hydrogen-bond donors (Lipinski definition) is 2. The van der Waals surface area contributed by atoms with Crippen molar-refractivity contribution in [1.29, 1.82) is 0 Å². The first-order valence-corrected chi connectivity index (χ1v) is 7.22. The SMILES string of the molecule is COc1ccc(S(=O)(=O)NC(C(N)=O)C(C)C)cc1. The summed E-state index contributed by atoms with van der Waals surface area (Å²) in [5.41, 5.74) is 5.18. The van der Waals surface area contributed by atoms with Gasteiger partial charge >= 0.3 is 0 Å². The maximum absolute atomic E-state index is 12.1. The van der Waals surface area contributed by atoms with Gasteiger partial charge < -0.3 is 10.5 Å². The van der Waals surface area contributed by atoms with E-state index in [4.69, 9.17) is 10.5 Å². The van der Waals surface area contributed by atoms with E-state index in [1.54, 1.807) is 13.8 Å². The molecule has 6 nitrogen and oxygen atoms in total. The molecule has 3 N–H and O–H groups in total. The van der Waals surface area contributed by atoms with Gasteiger partial charge in [0.05, 0.1) is 12.0 Å². The number of methoxy groups -OCH3 is 1. The lowest BCUT2D eigenvalue weighted by molar-refractivity contribution is -0.120. The molecule has 1 atom stereocenters. The molecular weight excluding hydrogens is 268 g/mol. The van der Waals surface area contributed by atoms with E-state index in [2.05, 4.69) is 4.72 Å². The molecule has 0 aromatic heterocycles. The van der Waals surface area contributed by atoms with Crippen molar-refractivity contribution in [2.75, 3.05) is 7.11 Å². The first kappa shape index (κ1) is 15.5. The molecule has 1 aromatic rings. The second kappa shape index (κ2) is 6.03. The topological polar surface area (TPSA) is 98.5 Å². The van der Waals surface area contributed by atoms with Gasteiger partial charge in [-0.05, 0) is 30.2 Å². The zero-order valence-corrected chi connectivity index (χ0v) is 11.9. The monoisotopic (exact) mass is 286 g/mol. The van der Waals surface area contributed by atoms with Gasteiger partial charge in [0.15, 0.2) is 0 Å². The second-order valence-electron chi connectivity index (χ2n) is 4.42. The number of carbonyl (C=O) groups is 1. The van der Waals surface area contributed by atoms with Gasteiger partial charge in [-0.1, -0.05) is 13.8 Å². The minimum atomic E-state index is -3.78. The van der Waals surface area contributed by atoms with Gasteiger partial charge in [0.2, 0.25) is 15.9 Å². The molecule has 0 fully saturated rings. The normalized spacial score (nSPS) is 13.3. The average molecular weight is 286 g/mol. The molecule has 0 heterocycles. The Hall–Kier alpha value is -1.60. The van der Waals surface area contributed by atoms with E-state index in [0.29, 0.717) is 5.75 Å². The van der Waals surface area contributed by atoms with Crippen molar-refractivity contribution in [3.05, 3.63) is 24.3 Å². The lowest BCUT2D eigenvalue weighted by Crippen LogP contribution is -2.47. The highest BCUT2D eigenvalue weighted by Crippen LogP contribution is 2.16.